The first-order chi connectivity index (χ1) is 11.1. The topological polar surface area (TPSA) is 20.3 Å². The van der Waals surface area contributed by atoms with Crippen molar-refractivity contribution in [3.8, 4) is 0 Å². The first-order valence-corrected chi connectivity index (χ1v) is 7.62. The van der Waals surface area contributed by atoms with Crippen LogP contribution in [0.15, 0.2) is 72.8 Å². The van der Waals surface area contributed by atoms with Crippen molar-refractivity contribution in [3.63, 3.8) is 0 Å². The number of fused-ring (bicyclic) bond motifs is 1. The van der Waals surface area contributed by atoms with E-state index in [1.807, 2.05) is 91.8 Å². The van der Waals surface area contributed by atoms with E-state index in [0.29, 0.717) is 5.56 Å². The van der Waals surface area contributed by atoms with E-state index in [1.165, 1.54) is 0 Å². The highest BCUT2D eigenvalue weighted by atomic mass is 16.1. The van der Waals surface area contributed by atoms with E-state index >= 15 is 0 Å². The van der Waals surface area contributed by atoms with Gasteiger partial charge in [0.1, 0.15) is 0 Å². The maximum absolute atomic E-state index is 12.3. The number of anilines is 1. The lowest BCUT2D eigenvalue weighted by Crippen LogP contribution is -2.07. The first kappa shape index (κ1) is 15.0. The summed E-state index contributed by atoms with van der Waals surface area (Å²) in [5.41, 5.74) is 2.87. The molecule has 0 unspecified atom stereocenters. The summed E-state index contributed by atoms with van der Waals surface area (Å²) in [6.07, 6.45) is 3.49. The zero-order valence-corrected chi connectivity index (χ0v) is 13.4. The van der Waals surface area contributed by atoms with Crippen LogP contribution in [-0.2, 0) is 0 Å². The van der Waals surface area contributed by atoms with Gasteiger partial charge in [0.25, 0.3) is 0 Å². The van der Waals surface area contributed by atoms with Gasteiger partial charge in [0, 0.05) is 25.3 Å². The Morgan fingerprint density at radius 1 is 0.870 bits per heavy atom. The van der Waals surface area contributed by atoms with Crippen molar-refractivity contribution in [1.29, 1.82) is 0 Å². The zero-order chi connectivity index (χ0) is 16.2. The van der Waals surface area contributed by atoms with Crippen molar-refractivity contribution in [2.75, 3.05) is 19.0 Å². The van der Waals surface area contributed by atoms with Crippen molar-refractivity contribution in [2.24, 2.45) is 0 Å². The summed E-state index contributed by atoms with van der Waals surface area (Å²) >= 11 is 0. The number of hydrogen-bond acceptors (Lipinski definition) is 2. The molecule has 3 aromatic carbocycles. The molecule has 2 nitrogen and oxygen atoms in total. The summed E-state index contributed by atoms with van der Waals surface area (Å²) < 4.78 is 0. The van der Waals surface area contributed by atoms with E-state index in [9.17, 15) is 4.79 Å². The molecule has 0 atom stereocenters. The first-order valence-electron chi connectivity index (χ1n) is 7.62. The lowest BCUT2D eigenvalue weighted by Gasteiger charge is -2.11. The summed E-state index contributed by atoms with van der Waals surface area (Å²) in [6, 6.07) is 22.0. The molecule has 0 aliphatic carbocycles. The smallest absolute Gasteiger partial charge is 0.185 e. The molecule has 0 saturated heterocycles. The molecule has 23 heavy (non-hydrogen) atoms. The number of carbonyl (C=O) groups excluding carboxylic acids is 1. The van der Waals surface area contributed by atoms with Gasteiger partial charge in [-0.25, -0.2) is 0 Å². The van der Waals surface area contributed by atoms with Crippen LogP contribution in [-0.4, -0.2) is 19.9 Å². The molecule has 114 valence electrons. The van der Waals surface area contributed by atoms with Crippen LogP contribution in [0.5, 0.6) is 0 Å². The molecular formula is C21H19NO. The summed E-state index contributed by atoms with van der Waals surface area (Å²) in [6.45, 7) is 0. The second-order valence-corrected chi connectivity index (χ2v) is 5.75. The Balaban J connectivity index is 1.79. The Kier molecular flexibility index (Phi) is 4.24. The minimum Gasteiger partial charge on any atom is -0.378 e. The van der Waals surface area contributed by atoms with E-state index in [2.05, 4.69) is 0 Å². The number of rotatable bonds is 4. The molecule has 0 amide bonds. The van der Waals surface area contributed by atoms with Crippen molar-refractivity contribution in [3.05, 3.63) is 83.9 Å². The van der Waals surface area contributed by atoms with E-state index in [4.69, 9.17) is 0 Å². The molecule has 0 spiro atoms. The van der Waals surface area contributed by atoms with Crippen LogP contribution in [0, 0.1) is 0 Å². The second-order valence-electron chi connectivity index (χ2n) is 5.75. The fourth-order valence-corrected chi connectivity index (χ4v) is 2.49. The Hall–Kier alpha value is -2.87. The fourth-order valence-electron chi connectivity index (χ4n) is 2.49. The van der Waals surface area contributed by atoms with E-state index in [0.717, 1.165) is 22.0 Å². The fraction of sp³-hybridized carbons (Fsp3) is 0.0952. The van der Waals surface area contributed by atoms with Crippen LogP contribution in [0.25, 0.3) is 16.8 Å². The summed E-state index contributed by atoms with van der Waals surface area (Å²) in [5.74, 6) is 0.0208. The third kappa shape index (κ3) is 3.49. The van der Waals surface area contributed by atoms with E-state index in [-0.39, 0.29) is 5.78 Å². The maximum Gasteiger partial charge on any atom is 0.185 e. The van der Waals surface area contributed by atoms with Crippen LogP contribution in [0.3, 0.4) is 0 Å². The Labute approximate surface area is 136 Å². The standard InChI is InChI=1S/C21H19NO/c1-22(2)20-12-7-16(8-13-20)9-14-21(23)19-11-10-17-5-3-4-6-18(17)15-19/h3-15H,1-2H3/b14-9-. The number of ketones is 1. The molecule has 0 saturated carbocycles. The summed E-state index contributed by atoms with van der Waals surface area (Å²) in [5, 5.41) is 2.23. The molecule has 3 rings (SSSR count). The predicted molar refractivity (Wildman–Crippen MR) is 98.1 cm³/mol. The van der Waals surface area contributed by atoms with Crippen molar-refractivity contribution >= 4 is 28.3 Å². The van der Waals surface area contributed by atoms with E-state index in [1.54, 1.807) is 6.08 Å². The number of hydrogen-bond donors (Lipinski definition) is 0. The normalized spacial score (nSPS) is 11.0. The number of nitrogens with zero attached hydrogens (tertiary/aromatic N) is 1. The van der Waals surface area contributed by atoms with Gasteiger partial charge >= 0.3 is 0 Å². The number of carbonyl (C=O) groups is 1. The van der Waals surface area contributed by atoms with Crippen LogP contribution in [0.4, 0.5) is 5.69 Å². The van der Waals surface area contributed by atoms with Crippen LogP contribution >= 0.6 is 0 Å². The lowest BCUT2D eigenvalue weighted by molar-refractivity contribution is 0.104. The van der Waals surface area contributed by atoms with Crippen LogP contribution in [0.1, 0.15) is 15.9 Å². The van der Waals surface area contributed by atoms with Gasteiger partial charge in [-0.3, -0.25) is 4.79 Å². The molecule has 3 aromatic rings. The third-order valence-electron chi connectivity index (χ3n) is 3.87. The van der Waals surface area contributed by atoms with Gasteiger partial charge in [-0.1, -0.05) is 54.6 Å². The predicted octanol–water partition coefficient (Wildman–Crippen LogP) is 4.80. The van der Waals surface area contributed by atoms with Crippen molar-refractivity contribution in [1.82, 2.24) is 0 Å². The Morgan fingerprint density at radius 2 is 1.57 bits per heavy atom. The van der Waals surface area contributed by atoms with Gasteiger partial charge in [-0.2, -0.15) is 0 Å². The van der Waals surface area contributed by atoms with Crippen molar-refractivity contribution in [2.45, 2.75) is 0 Å². The maximum atomic E-state index is 12.3. The summed E-state index contributed by atoms with van der Waals surface area (Å²) in [4.78, 5) is 14.4. The molecule has 0 aliphatic heterocycles. The van der Waals surface area contributed by atoms with Crippen molar-refractivity contribution < 1.29 is 4.79 Å². The molecular weight excluding hydrogens is 282 g/mol. The molecule has 0 radical (unpaired) electrons. The summed E-state index contributed by atoms with van der Waals surface area (Å²) in [7, 11) is 4.02. The highest BCUT2D eigenvalue weighted by Crippen LogP contribution is 2.17. The lowest BCUT2D eigenvalue weighted by atomic mass is 10.0. The van der Waals surface area contributed by atoms with Gasteiger partial charge < -0.3 is 4.90 Å². The average Bonchev–Trinajstić information content (AvgIpc) is 2.59. The SMILES string of the molecule is CN(C)c1ccc(/C=C\C(=O)c2ccc3ccccc3c2)cc1. The monoisotopic (exact) mass is 301 g/mol. The molecule has 0 aliphatic rings. The quantitative estimate of drug-likeness (QED) is 0.509. The zero-order valence-electron chi connectivity index (χ0n) is 13.4. The number of benzene rings is 3. The largest absolute Gasteiger partial charge is 0.378 e. The van der Waals surface area contributed by atoms with Gasteiger partial charge in [-0.05, 0) is 40.6 Å². The van der Waals surface area contributed by atoms with E-state index < -0.39 is 0 Å². The van der Waals surface area contributed by atoms with Crippen LogP contribution in [0.2, 0.25) is 0 Å². The highest BCUT2D eigenvalue weighted by Gasteiger charge is 2.03. The molecule has 0 fully saturated rings. The van der Waals surface area contributed by atoms with Crippen LogP contribution < -0.4 is 4.90 Å². The van der Waals surface area contributed by atoms with Gasteiger partial charge in [-0.15, -0.1) is 0 Å². The molecule has 0 N–H and O–H groups in total. The Bertz CT molecular complexity index is 860. The van der Waals surface area contributed by atoms with Gasteiger partial charge in [0.2, 0.25) is 0 Å². The third-order valence-corrected chi connectivity index (χ3v) is 3.87. The molecule has 0 bridgehead atoms. The minimum atomic E-state index is 0.0208. The molecule has 0 heterocycles. The molecule has 0 aromatic heterocycles. The second kappa shape index (κ2) is 6.49. The van der Waals surface area contributed by atoms with Gasteiger partial charge in [0.15, 0.2) is 5.78 Å². The highest BCUT2D eigenvalue weighted by molar-refractivity contribution is 6.08. The minimum absolute atomic E-state index is 0.0208. The Morgan fingerprint density at radius 3 is 2.26 bits per heavy atom. The number of allylic oxidation sites excluding steroid dienone is 1. The van der Waals surface area contributed by atoms with Gasteiger partial charge in [0.05, 0.1) is 0 Å². The molecule has 2 heteroatoms. The average molecular weight is 301 g/mol.